The fraction of sp³-hybridized carbons (Fsp3) is 0.800. The Morgan fingerprint density at radius 3 is 2.62 bits per heavy atom. The van der Waals surface area contributed by atoms with Gasteiger partial charge in [-0.2, -0.15) is 12.6 Å². The highest BCUT2D eigenvalue weighted by Crippen LogP contribution is 2.13. The SMILES string of the molecule is CN1CC(=O)CC1S. The number of Topliss-reactive ketones (excluding diaryl/α,β-unsaturated/α-hetero) is 1. The van der Waals surface area contributed by atoms with Crippen molar-refractivity contribution >= 4 is 18.4 Å². The molecule has 1 unspecified atom stereocenters. The van der Waals surface area contributed by atoms with Crippen LogP contribution in [-0.4, -0.2) is 29.6 Å². The van der Waals surface area contributed by atoms with E-state index in [2.05, 4.69) is 12.6 Å². The van der Waals surface area contributed by atoms with E-state index in [1.54, 1.807) is 0 Å². The minimum Gasteiger partial charge on any atom is -0.298 e. The van der Waals surface area contributed by atoms with Crippen LogP contribution in [0, 0.1) is 0 Å². The lowest BCUT2D eigenvalue weighted by Crippen LogP contribution is -2.19. The smallest absolute Gasteiger partial charge is 0.149 e. The fourth-order valence-corrected chi connectivity index (χ4v) is 1.09. The monoisotopic (exact) mass is 131 g/mol. The first-order valence-electron chi connectivity index (χ1n) is 2.60. The van der Waals surface area contributed by atoms with E-state index in [1.807, 2.05) is 11.9 Å². The summed E-state index contributed by atoms with van der Waals surface area (Å²) in [5, 5.41) is 0.169. The predicted octanol–water partition coefficient (Wildman–Crippen LogP) is 0.147. The molecule has 0 aliphatic carbocycles. The van der Waals surface area contributed by atoms with E-state index < -0.39 is 0 Å². The zero-order chi connectivity index (χ0) is 6.15. The number of likely N-dealkylation sites (N-methyl/N-ethyl adjacent to an activating group) is 1. The molecule has 1 aliphatic rings. The standard InChI is InChI=1S/C5H9NOS/c1-6-3-4(7)2-5(6)8/h5,8H,2-3H2,1H3. The van der Waals surface area contributed by atoms with E-state index >= 15 is 0 Å². The molecule has 0 aromatic carbocycles. The largest absolute Gasteiger partial charge is 0.298 e. The molecule has 0 amide bonds. The first kappa shape index (κ1) is 6.11. The van der Waals surface area contributed by atoms with Gasteiger partial charge in [-0.3, -0.25) is 9.69 Å². The van der Waals surface area contributed by atoms with Gasteiger partial charge in [-0.05, 0) is 7.05 Å². The molecule has 0 radical (unpaired) electrons. The molecule has 0 spiro atoms. The number of hydrogen-bond acceptors (Lipinski definition) is 3. The van der Waals surface area contributed by atoms with Gasteiger partial charge in [0.05, 0.1) is 11.9 Å². The van der Waals surface area contributed by atoms with Gasteiger partial charge < -0.3 is 0 Å². The third kappa shape index (κ3) is 1.03. The summed E-state index contributed by atoms with van der Waals surface area (Å²) in [6.45, 7) is 0.578. The van der Waals surface area contributed by atoms with Gasteiger partial charge in [0, 0.05) is 6.42 Å². The van der Waals surface area contributed by atoms with Crippen molar-refractivity contribution in [2.24, 2.45) is 0 Å². The van der Waals surface area contributed by atoms with Gasteiger partial charge in [0.25, 0.3) is 0 Å². The van der Waals surface area contributed by atoms with Crippen LogP contribution in [-0.2, 0) is 4.79 Å². The zero-order valence-electron chi connectivity index (χ0n) is 4.79. The Morgan fingerprint density at radius 2 is 2.50 bits per heavy atom. The van der Waals surface area contributed by atoms with Crippen LogP contribution in [0.25, 0.3) is 0 Å². The summed E-state index contributed by atoms with van der Waals surface area (Å²) in [7, 11) is 1.91. The summed E-state index contributed by atoms with van der Waals surface area (Å²) in [4.78, 5) is 12.5. The van der Waals surface area contributed by atoms with E-state index in [9.17, 15) is 4.79 Å². The van der Waals surface area contributed by atoms with Gasteiger partial charge >= 0.3 is 0 Å². The van der Waals surface area contributed by atoms with E-state index in [0.29, 0.717) is 18.7 Å². The summed E-state index contributed by atoms with van der Waals surface area (Å²) in [6.07, 6.45) is 0.611. The lowest BCUT2D eigenvalue weighted by Gasteiger charge is -2.09. The van der Waals surface area contributed by atoms with Crippen molar-refractivity contribution in [3.05, 3.63) is 0 Å². The first-order valence-corrected chi connectivity index (χ1v) is 3.12. The number of ketones is 1. The van der Waals surface area contributed by atoms with Gasteiger partial charge in [-0.1, -0.05) is 0 Å². The van der Waals surface area contributed by atoms with Crippen LogP contribution in [0.2, 0.25) is 0 Å². The topological polar surface area (TPSA) is 20.3 Å². The summed E-state index contributed by atoms with van der Waals surface area (Å²) in [5.41, 5.74) is 0. The molecule has 1 atom stereocenters. The third-order valence-electron chi connectivity index (χ3n) is 1.34. The average Bonchev–Trinajstić information content (AvgIpc) is 1.85. The second-order valence-corrected chi connectivity index (χ2v) is 2.73. The van der Waals surface area contributed by atoms with E-state index in [-0.39, 0.29) is 5.37 Å². The summed E-state index contributed by atoms with van der Waals surface area (Å²) < 4.78 is 0. The number of hydrogen-bond donors (Lipinski definition) is 1. The van der Waals surface area contributed by atoms with Crippen molar-refractivity contribution in [3.8, 4) is 0 Å². The van der Waals surface area contributed by atoms with Crippen LogP contribution in [0.4, 0.5) is 0 Å². The molecule has 1 fully saturated rings. The quantitative estimate of drug-likeness (QED) is 0.472. The number of rotatable bonds is 0. The van der Waals surface area contributed by atoms with Crippen molar-refractivity contribution in [1.29, 1.82) is 0 Å². The van der Waals surface area contributed by atoms with Gasteiger partial charge in [-0.25, -0.2) is 0 Å². The summed E-state index contributed by atoms with van der Waals surface area (Å²) >= 11 is 4.15. The van der Waals surface area contributed by atoms with E-state index in [1.165, 1.54) is 0 Å². The molecule has 0 aromatic rings. The van der Waals surface area contributed by atoms with E-state index in [4.69, 9.17) is 0 Å². The third-order valence-corrected chi connectivity index (χ3v) is 1.92. The Labute approximate surface area is 54.3 Å². The molecule has 46 valence electrons. The Bertz CT molecular complexity index is 103. The number of carbonyl (C=O) groups excluding carboxylic acids is 1. The molecule has 1 aliphatic heterocycles. The van der Waals surface area contributed by atoms with Crippen LogP contribution >= 0.6 is 12.6 Å². The molecule has 2 nitrogen and oxygen atoms in total. The maximum absolute atomic E-state index is 10.6. The minimum atomic E-state index is 0.169. The Kier molecular flexibility index (Phi) is 1.58. The number of likely N-dealkylation sites (tertiary alicyclic amines) is 1. The second-order valence-electron chi connectivity index (χ2n) is 2.14. The molecular formula is C5H9NOS. The summed E-state index contributed by atoms with van der Waals surface area (Å²) in [5.74, 6) is 0.299. The van der Waals surface area contributed by atoms with Crippen LogP contribution in [0.5, 0.6) is 0 Å². The van der Waals surface area contributed by atoms with Crippen LogP contribution in [0.3, 0.4) is 0 Å². The van der Waals surface area contributed by atoms with E-state index in [0.717, 1.165) is 0 Å². The van der Waals surface area contributed by atoms with Gasteiger partial charge in [-0.15, -0.1) is 0 Å². The predicted molar refractivity (Wildman–Crippen MR) is 35.0 cm³/mol. The summed E-state index contributed by atoms with van der Waals surface area (Å²) in [6, 6.07) is 0. The van der Waals surface area contributed by atoms with Crippen LogP contribution in [0.1, 0.15) is 6.42 Å². The number of nitrogens with zero attached hydrogens (tertiary/aromatic N) is 1. The highest BCUT2D eigenvalue weighted by Gasteiger charge is 2.23. The second kappa shape index (κ2) is 2.07. The van der Waals surface area contributed by atoms with Crippen molar-refractivity contribution in [2.45, 2.75) is 11.8 Å². The van der Waals surface area contributed by atoms with Crippen molar-refractivity contribution < 1.29 is 4.79 Å². The number of thiol groups is 1. The maximum Gasteiger partial charge on any atom is 0.149 e. The van der Waals surface area contributed by atoms with Crippen LogP contribution < -0.4 is 0 Å². The first-order chi connectivity index (χ1) is 3.70. The fourth-order valence-electron chi connectivity index (χ4n) is 0.808. The Hall–Kier alpha value is -0.0200. The molecule has 0 saturated carbocycles. The normalized spacial score (nSPS) is 31.8. The molecule has 0 N–H and O–H groups in total. The lowest BCUT2D eigenvalue weighted by molar-refractivity contribution is -0.116. The molecule has 1 heterocycles. The molecule has 1 saturated heterocycles. The molecule has 8 heavy (non-hydrogen) atoms. The van der Waals surface area contributed by atoms with Crippen molar-refractivity contribution in [1.82, 2.24) is 4.90 Å². The zero-order valence-corrected chi connectivity index (χ0v) is 5.69. The van der Waals surface area contributed by atoms with Crippen molar-refractivity contribution in [2.75, 3.05) is 13.6 Å². The molecular weight excluding hydrogens is 122 g/mol. The van der Waals surface area contributed by atoms with Gasteiger partial charge in [0.15, 0.2) is 0 Å². The molecule has 1 rings (SSSR count). The average molecular weight is 131 g/mol. The molecule has 0 bridgehead atoms. The highest BCUT2D eigenvalue weighted by molar-refractivity contribution is 7.80. The Morgan fingerprint density at radius 1 is 1.88 bits per heavy atom. The van der Waals surface area contributed by atoms with Crippen molar-refractivity contribution in [3.63, 3.8) is 0 Å². The molecule has 3 heteroatoms. The van der Waals surface area contributed by atoms with Gasteiger partial charge in [0.2, 0.25) is 0 Å². The Balaban J connectivity index is 2.51. The highest BCUT2D eigenvalue weighted by atomic mass is 32.1. The van der Waals surface area contributed by atoms with Gasteiger partial charge in [0.1, 0.15) is 5.78 Å². The lowest BCUT2D eigenvalue weighted by atomic mass is 10.4. The maximum atomic E-state index is 10.6. The van der Waals surface area contributed by atoms with Crippen LogP contribution in [0.15, 0.2) is 0 Å². The number of carbonyl (C=O) groups is 1. The minimum absolute atomic E-state index is 0.169. The molecule has 0 aromatic heterocycles.